The van der Waals surface area contributed by atoms with Crippen LogP contribution in [0.25, 0.3) is 0 Å². The van der Waals surface area contributed by atoms with Crippen molar-refractivity contribution < 1.29 is 4.74 Å². The van der Waals surface area contributed by atoms with E-state index in [-0.39, 0.29) is 0 Å². The normalized spacial score (nSPS) is 40.4. The van der Waals surface area contributed by atoms with Crippen molar-refractivity contribution in [1.82, 2.24) is 0 Å². The fourth-order valence-corrected chi connectivity index (χ4v) is 4.65. The molecule has 1 saturated carbocycles. The van der Waals surface area contributed by atoms with E-state index in [9.17, 15) is 5.26 Å². The van der Waals surface area contributed by atoms with Gasteiger partial charge >= 0.3 is 0 Å². The number of hydrogen-bond donors (Lipinski definition) is 0. The number of allylic oxidation sites excluding steroid dienone is 4. The fraction of sp³-hybridized carbons (Fsp3) is 0.667. The predicted octanol–water partition coefficient (Wildman–Crippen LogP) is 4.23. The first kappa shape index (κ1) is 14.4. The lowest BCUT2D eigenvalue weighted by Crippen LogP contribution is -2.44. The highest BCUT2D eigenvalue weighted by atomic mass is 16.5. The van der Waals surface area contributed by atoms with Crippen molar-refractivity contribution in [3.05, 3.63) is 22.9 Å². The lowest BCUT2D eigenvalue weighted by molar-refractivity contribution is 0.157. The minimum atomic E-state index is -0.401. The maximum Gasteiger partial charge on any atom is 0.188 e. The molecule has 3 heteroatoms. The quantitative estimate of drug-likeness (QED) is 0.625. The van der Waals surface area contributed by atoms with E-state index in [2.05, 4.69) is 32.9 Å². The van der Waals surface area contributed by atoms with Crippen LogP contribution >= 0.6 is 0 Å². The lowest BCUT2D eigenvalue weighted by atomic mass is 9.51. The first-order valence-electron chi connectivity index (χ1n) is 7.99. The largest absolute Gasteiger partial charge is 0.484 e. The Balaban J connectivity index is 2.19. The highest BCUT2D eigenvalue weighted by molar-refractivity contribution is 5.79. The number of aliphatic imine (C=N–C) groups is 1. The molecule has 3 aliphatic rings. The number of nitrogens with zero attached hydrogens (tertiary/aromatic N) is 2. The smallest absolute Gasteiger partial charge is 0.188 e. The number of nitriles is 1. The molecule has 3 rings (SSSR count). The number of hydrogen-bond acceptors (Lipinski definition) is 3. The summed E-state index contributed by atoms with van der Waals surface area (Å²) in [6, 6.07) is 2.70. The highest BCUT2D eigenvalue weighted by Crippen LogP contribution is 2.60. The van der Waals surface area contributed by atoms with Crippen molar-refractivity contribution in [1.29, 1.82) is 5.26 Å². The van der Waals surface area contributed by atoms with E-state index in [1.165, 1.54) is 11.1 Å². The molecule has 4 atom stereocenters. The Hall–Kier alpha value is -1.56. The summed E-state index contributed by atoms with van der Waals surface area (Å²) < 4.78 is 5.35. The Bertz CT molecular complexity index is 593. The van der Waals surface area contributed by atoms with Crippen molar-refractivity contribution in [2.45, 2.75) is 46.5 Å². The zero-order chi connectivity index (χ0) is 15.2. The summed E-state index contributed by atoms with van der Waals surface area (Å²) in [4.78, 5) is 4.72. The van der Waals surface area contributed by atoms with Gasteiger partial charge in [-0.2, -0.15) is 5.26 Å². The number of ether oxygens (including phenoxy) is 1. The summed E-state index contributed by atoms with van der Waals surface area (Å²) in [6.07, 6.45) is 5.86. The summed E-state index contributed by atoms with van der Waals surface area (Å²) >= 11 is 0. The van der Waals surface area contributed by atoms with Gasteiger partial charge in [0.2, 0.25) is 0 Å². The summed E-state index contributed by atoms with van der Waals surface area (Å²) in [5, 5.41) is 10.1. The first-order valence-corrected chi connectivity index (χ1v) is 7.99. The Labute approximate surface area is 127 Å². The number of rotatable bonds is 0. The molecule has 21 heavy (non-hydrogen) atoms. The minimum Gasteiger partial charge on any atom is -0.484 e. The molecule has 0 aromatic heterocycles. The Morgan fingerprint density at radius 3 is 2.76 bits per heavy atom. The third-order valence-electron chi connectivity index (χ3n) is 5.92. The van der Waals surface area contributed by atoms with Gasteiger partial charge in [-0.1, -0.05) is 19.9 Å². The number of methoxy groups -OCH3 is 1. The van der Waals surface area contributed by atoms with Gasteiger partial charge in [-0.05, 0) is 55.1 Å². The van der Waals surface area contributed by atoms with Crippen molar-refractivity contribution in [2.75, 3.05) is 7.11 Å². The van der Waals surface area contributed by atoms with Gasteiger partial charge < -0.3 is 4.74 Å². The van der Waals surface area contributed by atoms with Crippen LogP contribution < -0.4 is 0 Å². The van der Waals surface area contributed by atoms with Gasteiger partial charge in [-0.25, -0.2) is 4.99 Å². The lowest BCUT2D eigenvalue weighted by Gasteiger charge is -2.51. The van der Waals surface area contributed by atoms with Crippen LogP contribution in [0.1, 0.15) is 46.5 Å². The predicted molar refractivity (Wildman–Crippen MR) is 83.6 cm³/mol. The summed E-state index contributed by atoms with van der Waals surface area (Å²) in [7, 11) is 1.69. The molecule has 3 nitrogen and oxygen atoms in total. The van der Waals surface area contributed by atoms with E-state index < -0.39 is 5.41 Å². The average molecular weight is 284 g/mol. The van der Waals surface area contributed by atoms with Crippen LogP contribution in [0.15, 0.2) is 27.9 Å². The average Bonchev–Trinajstić information content (AvgIpc) is 2.51. The topological polar surface area (TPSA) is 45.4 Å². The monoisotopic (exact) mass is 284 g/mol. The van der Waals surface area contributed by atoms with Crippen LogP contribution in [0.4, 0.5) is 0 Å². The minimum absolute atomic E-state index is 0.401. The van der Waals surface area contributed by atoms with E-state index >= 15 is 0 Å². The van der Waals surface area contributed by atoms with Crippen LogP contribution in [-0.2, 0) is 4.74 Å². The van der Waals surface area contributed by atoms with Crippen LogP contribution in [0.2, 0.25) is 0 Å². The zero-order valence-electron chi connectivity index (χ0n) is 13.4. The fourth-order valence-electron chi connectivity index (χ4n) is 4.65. The molecule has 1 fully saturated rings. The van der Waals surface area contributed by atoms with Gasteiger partial charge in [0.1, 0.15) is 5.41 Å². The Kier molecular flexibility index (Phi) is 3.43. The van der Waals surface area contributed by atoms with Crippen molar-refractivity contribution in [2.24, 2.45) is 28.2 Å². The SMILES string of the molecule is C/C=C1\C2CC3=C(CCC(OC)=N3)C1(C#N)CC(C)C2C. The van der Waals surface area contributed by atoms with Gasteiger partial charge in [0, 0.05) is 12.1 Å². The molecular weight excluding hydrogens is 260 g/mol. The molecule has 0 amide bonds. The maximum atomic E-state index is 10.1. The van der Waals surface area contributed by atoms with Gasteiger partial charge in [-0.15, -0.1) is 0 Å². The highest BCUT2D eigenvalue weighted by Gasteiger charge is 2.53. The molecule has 0 saturated heterocycles. The zero-order valence-corrected chi connectivity index (χ0v) is 13.4. The van der Waals surface area contributed by atoms with E-state index in [0.717, 1.165) is 37.3 Å². The van der Waals surface area contributed by atoms with Crippen molar-refractivity contribution in [3.63, 3.8) is 0 Å². The second-order valence-corrected chi connectivity index (χ2v) is 6.75. The Morgan fingerprint density at radius 1 is 1.38 bits per heavy atom. The molecule has 2 bridgehead atoms. The van der Waals surface area contributed by atoms with Gasteiger partial charge in [-0.3, -0.25) is 0 Å². The molecule has 2 aliphatic carbocycles. The molecule has 0 aromatic carbocycles. The van der Waals surface area contributed by atoms with E-state index in [1.54, 1.807) is 7.11 Å². The van der Waals surface area contributed by atoms with Gasteiger partial charge in [0.15, 0.2) is 5.90 Å². The third-order valence-corrected chi connectivity index (χ3v) is 5.92. The van der Waals surface area contributed by atoms with Crippen LogP contribution in [0.3, 0.4) is 0 Å². The van der Waals surface area contributed by atoms with E-state index in [0.29, 0.717) is 17.8 Å². The summed E-state index contributed by atoms with van der Waals surface area (Å²) in [6.45, 7) is 6.72. The van der Waals surface area contributed by atoms with Crippen molar-refractivity contribution >= 4 is 5.90 Å². The van der Waals surface area contributed by atoms with Crippen LogP contribution in [-0.4, -0.2) is 13.0 Å². The van der Waals surface area contributed by atoms with Gasteiger partial charge in [0.25, 0.3) is 0 Å². The molecule has 0 N–H and O–H groups in total. The molecule has 112 valence electrons. The summed E-state index contributed by atoms with van der Waals surface area (Å²) in [5.74, 6) is 2.47. The molecule has 1 aliphatic heterocycles. The summed E-state index contributed by atoms with van der Waals surface area (Å²) in [5.41, 5.74) is 3.36. The van der Waals surface area contributed by atoms with Crippen LogP contribution in [0, 0.1) is 34.5 Å². The second kappa shape index (κ2) is 5.02. The van der Waals surface area contributed by atoms with Crippen LogP contribution in [0.5, 0.6) is 0 Å². The van der Waals surface area contributed by atoms with E-state index in [1.807, 2.05) is 0 Å². The molecule has 0 spiro atoms. The molecule has 0 aromatic rings. The third kappa shape index (κ3) is 1.88. The molecule has 0 radical (unpaired) electrons. The molecule has 1 heterocycles. The first-order chi connectivity index (χ1) is 10.1. The Morgan fingerprint density at radius 2 is 2.14 bits per heavy atom. The van der Waals surface area contributed by atoms with Gasteiger partial charge in [0.05, 0.1) is 13.2 Å². The number of fused-ring (bicyclic) bond motifs is 3. The molecule has 4 unspecified atom stereocenters. The maximum absolute atomic E-state index is 10.1. The van der Waals surface area contributed by atoms with E-state index in [4.69, 9.17) is 9.73 Å². The standard InChI is InChI=1S/C18H24N2O/c1-5-14-13-8-16-15(6-7-17(20-16)21-4)18(14,10-19)9-11(2)12(13)3/h5,11-13H,6-9H2,1-4H3/b14-5+. The second-order valence-electron chi connectivity index (χ2n) is 6.75. The van der Waals surface area contributed by atoms with Crippen molar-refractivity contribution in [3.8, 4) is 6.07 Å². The molecular formula is C18H24N2O.